The summed E-state index contributed by atoms with van der Waals surface area (Å²) in [7, 11) is -3.16. The molecule has 7 nitrogen and oxygen atoms in total. The number of benzene rings is 3. The second-order valence-corrected chi connectivity index (χ2v) is 11.8. The molecule has 41 heavy (non-hydrogen) atoms. The molecule has 0 spiro atoms. The largest absolute Gasteiger partial charge is 0.416 e. The predicted molar refractivity (Wildman–Crippen MR) is 152 cm³/mol. The number of amides is 2. The quantitative estimate of drug-likeness (QED) is 0.295. The van der Waals surface area contributed by atoms with E-state index in [0.717, 1.165) is 22.6 Å². The molecule has 0 aliphatic carbocycles. The van der Waals surface area contributed by atoms with Crippen LogP contribution in [0.4, 0.5) is 18.9 Å². The van der Waals surface area contributed by atoms with E-state index >= 15 is 0 Å². The highest BCUT2D eigenvalue weighted by atomic mass is 35.5. The molecule has 0 radical (unpaired) electrons. The zero-order chi connectivity index (χ0) is 30.5. The van der Waals surface area contributed by atoms with Gasteiger partial charge in [-0.3, -0.25) is 13.9 Å². The van der Waals surface area contributed by atoms with Gasteiger partial charge in [0.1, 0.15) is 12.6 Å². The van der Waals surface area contributed by atoms with E-state index in [9.17, 15) is 31.2 Å². The second-order valence-electron chi connectivity index (χ2n) is 9.13. The molecule has 0 aromatic heterocycles. The van der Waals surface area contributed by atoms with Crippen molar-refractivity contribution in [2.75, 3.05) is 17.9 Å². The first kappa shape index (κ1) is 32.2. The van der Waals surface area contributed by atoms with E-state index in [1.165, 1.54) is 37.4 Å². The normalized spacial score (nSPS) is 12.5. The lowest BCUT2D eigenvalue weighted by Crippen LogP contribution is -2.51. The second kappa shape index (κ2) is 13.1. The van der Waals surface area contributed by atoms with Crippen molar-refractivity contribution in [2.24, 2.45) is 0 Å². The Bertz CT molecular complexity index is 1500. The summed E-state index contributed by atoms with van der Waals surface area (Å²) < 4.78 is 68.9. The number of anilines is 1. The number of halogens is 5. The maximum Gasteiger partial charge on any atom is 0.416 e. The van der Waals surface area contributed by atoms with Gasteiger partial charge in [0.05, 0.1) is 16.1 Å². The van der Waals surface area contributed by atoms with Crippen LogP contribution >= 0.6 is 23.2 Å². The summed E-state index contributed by atoms with van der Waals surface area (Å²) in [5, 5.41) is 2.91. The Morgan fingerprint density at radius 2 is 1.56 bits per heavy atom. The standard InChI is InChI=1S/C28H28Cl2F3N3O4S/c1-4-25(27(38)34-3)35(16-22-23(29)9-6-10-24(22)30)26(37)17-36(20-8-5-7-19(15-20)28(31,32)33)41(39,40)21-13-11-18(2)12-14-21/h5-15,25H,4,16-17H2,1-3H3,(H,34,38)/t25-/m0/s1. The third-order valence-corrected chi connectivity index (χ3v) is 8.87. The molecule has 0 bridgehead atoms. The Labute approximate surface area is 246 Å². The third-order valence-electron chi connectivity index (χ3n) is 6.37. The molecule has 3 rings (SSSR count). The fourth-order valence-electron chi connectivity index (χ4n) is 4.14. The number of hydrogen-bond donors (Lipinski definition) is 1. The van der Waals surface area contributed by atoms with Crippen molar-refractivity contribution < 1.29 is 31.2 Å². The topological polar surface area (TPSA) is 86.8 Å². The molecule has 0 aliphatic heterocycles. The zero-order valence-electron chi connectivity index (χ0n) is 22.4. The van der Waals surface area contributed by atoms with E-state index in [0.29, 0.717) is 15.9 Å². The molecule has 0 unspecified atom stereocenters. The molecular weight excluding hydrogens is 602 g/mol. The number of hydrogen-bond acceptors (Lipinski definition) is 4. The lowest BCUT2D eigenvalue weighted by Gasteiger charge is -2.33. The molecule has 0 heterocycles. The summed E-state index contributed by atoms with van der Waals surface area (Å²) >= 11 is 12.7. The van der Waals surface area contributed by atoms with Gasteiger partial charge in [-0.1, -0.05) is 60.0 Å². The first-order chi connectivity index (χ1) is 19.2. The minimum absolute atomic E-state index is 0.141. The first-order valence-electron chi connectivity index (χ1n) is 12.4. The van der Waals surface area contributed by atoms with Gasteiger partial charge in [-0.05, 0) is 55.8 Å². The molecule has 13 heteroatoms. The molecule has 0 fully saturated rings. The van der Waals surface area contributed by atoms with Crippen LogP contribution in [0.15, 0.2) is 71.6 Å². The van der Waals surface area contributed by atoms with Crippen molar-refractivity contribution in [3.63, 3.8) is 0 Å². The van der Waals surface area contributed by atoms with Crippen LogP contribution in [0.3, 0.4) is 0 Å². The maximum absolute atomic E-state index is 13.9. The van der Waals surface area contributed by atoms with Crippen molar-refractivity contribution in [3.05, 3.63) is 93.5 Å². The number of rotatable bonds is 10. The van der Waals surface area contributed by atoms with Crippen LogP contribution in [-0.4, -0.2) is 44.8 Å². The molecule has 0 saturated carbocycles. The number of likely N-dealkylation sites (N-methyl/N-ethyl adjacent to an activating group) is 1. The Balaban J connectivity index is 2.16. The highest BCUT2D eigenvalue weighted by Gasteiger charge is 2.36. The van der Waals surface area contributed by atoms with Gasteiger partial charge >= 0.3 is 6.18 Å². The highest BCUT2D eigenvalue weighted by Crippen LogP contribution is 2.34. The van der Waals surface area contributed by atoms with E-state index in [1.54, 1.807) is 32.0 Å². The molecule has 0 aliphatic rings. The van der Waals surface area contributed by atoms with E-state index in [2.05, 4.69) is 5.32 Å². The van der Waals surface area contributed by atoms with Crippen molar-refractivity contribution >= 4 is 50.7 Å². The summed E-state index contributed by atoms with van der Waals surface area (Å²) in [5.41, 5.74) is -0.399. The number of nitrogens with zero attached hydrogens (tertiary/aromatic N) is 2. The number of carbonyl (C=O) groups excluding carboxylic acids is 2. The van der Waals surface area contributed by atoms with Crippen LogP contribution in [-0.2, 0) is 32.3 Å². The average Bonchev–Trinajstić information content (AvgIpc) is 2.92. The monoisotopic (exact) mass is 629 g/mol. The van der Waals surface area contributed by atoms with Gasteiger partial charge in [0, 0.05) is 29.2 Å². The van der Waals surface area contributed by atoms with Crippen LogP contribution in [0, 0.1) is 6.92 Å². The van der Waals surface area contributed by atoms with Crippen LogP contribution in [0.1, 0.15) is 30.0 Å². The number of sulfonamides is 1. The highest BCUT2D eigenvalue weighted by molar-refractivity contribution is 7.92. The van der Waals surface area contributed by atoms with E-state index in [1.807, 2.05) is 0 Å². The summed E-state index contributed by atoms with van der Waals surface area (Å²) in [5.74, 6) is -1.39. The average molecular weight is 631 g/mol. The Morgan fingerprint density at radius 3 is 2.10 bits per heavy atom. The van der Waals surface area contributed by atoms with Gasteiger partial charge in [0.15, 0.2) is 0 Å². The molecule has 1 N–H and O–H groups in total. The van der Waals surface area contributed by atoms with E-state index in [4.69, 9.17) is 23.2 Å². The van der Waals surface area contributed by atoms with E-state index in [-0.39, 0.29) is 33.6 Å². The van der Waals surface area contributed by atoms with Gasteiger partial charge in [-0.15, -0.1) is 0 Å². The smallest absolute Gasteiger partial charge is 0.357 e. The number of aryl methyl sites for hydroxylation is 1. The lowest BCUT2D eigenvalue weighted by molar-refractivity contribution is -0.140. The number of nitrogens with one attached hydrogen (secondary N) is 1. The Hall–Kier alpha value is -3.28. The van der Waals surface area contributed by atoms with Crippen LogP contribution in [0.25, 0.3) is 0 Å². The zero-order valence-corrected chi connectivity index (χ0v) is 24.7. The van der Waals surface area contributed by atoms with Crippen LogP contribution in [0.5, 0.6) is 0 Å². The van der Waals surface area contributed by atoms with Crippen LogP contribution < -0.4 is 9.62 Å². The Kier molecular flexibility index (Phi) is 10.3. The molecule has 220 valence electrons. The minimum atomic E-state index is -4.77. The van der Waals surface area contributed by atoms with Gasteiger partial charge in [-0.2, -0.15) is 13.2 Å². The molecule has 2 amide bonds. The lowest BCUT2D eigenvalue weighted by atomic mass is 10.1. The third kappa shape index (κ3) is 7.52. The molecular formula is C28H28Cl2F3N3O4S. The summed E-state index contributed by atoms with van der Waals surface area (Å²) in [6, 6.07) is 13.0. The van der Waals surface area contributed by atoms with Crippen molar-refractivity contribution in [2.45, 2.75) is 43.9 Å². The van der Waals surface area contributed by atoms with Gasteiger partial charge < -0.3 is 10.2 Å². The fraction of sp³-hybridized carbons (Fsp3) is 0.286. The molecule has 0 saturated heterocycles. The number of carbonyl (C=O) groups is 2. The Morgan fingerprint density at radius 1 is 0.976 bits per heavy atom. The summed E-state index contributed by atoms with van der Waals surface area (Å²) in [6.07, 6.45) is -4.62. The maximum atomic E-state index is 13.9. The minimum Gasteiger partial charge on any atom is -0.357 e. The van der Waals surface area contributed by atoms with Gasteiger partial charge in [-0.25, -0.2) is 8.42 Å². The van der Waals surface area contributed by atoms with Crippen LogP contribution in [0.2, 0.25) is 10.0 Å². The molecule has 3 aromatic carbocycles. The molecule has 3 aromatic rings. The van der Waals surface area contributed by atoms with Crippen molar-refractivity contribution in [3.8, 4) is 0 Å². The van der Waals surface area contributed by atoms with Gasteiger partial charge in [0.25, 0.3) is 10.0 Å². The van der Waals surface area contributed by atoms with Crippen molar-refractivity contribution in [1.29, 1.82) is 0 Å². The first-order valence-corrected chi connectivity index (χ1v) is 14.6. The predicted octanol–water partition coefficient (Wildman–Crippen LogP) is 6.07. The SMILES string of the molecule is CC[C@@H](C(=O)NC)N(Cc1c(Cl)cccc1Cl)C(=O)CN(c1cccc(C(F)(F)F)c1)S(=O)(=O)c1ccc(C)cc1. The van der Waals surface area contributed by atoms with E-state index < -0.39 is 46.2 Å². The van der Waals surface area contributed by atoms with Crippen molar-refractivity contribution in [1.82, 2.24) is 10.2 Å². The fourth-order valence-corrected chi connectivity index (χ4v) is 6.07. The molecule has 1 atom stereocenters. The number of alkyl halides is 3. The summed E-state index contributed by atoms with van der Waals surface area (Å²) in [4.78, 5) is 27.6. The summed E-state index contributed by atoms with van der Waals surface area (Å²) in [6.45, 7) is 2.23. The van der Waals surface area contributed by atoms with Gasteiger partial charge in [0.2, 0.25) is 11.8 Å².